The SMILES string of the molecule is O=C(c1ccccc1SCc1cscn1)N1CCCC1. The number of likely N-dealkylation sites (tertiary alicyclic amines) is 1. The van der Waals surface area contributed by atoms with Crippen LogP contribution in [-0.4, -0.2) is 28.9 Å². The van der Waals surface area contributed by atoms with E-state index in [-0.39, 0.29) is 5.91 Å². The van der Waals surface area contributed by atoms with Crippen LogP contribution in [0.5, 0.6) is 0 Å². The highest BCUT2D eigenvalue weighted by Crippen LogP contribution is 2.27. The molecular formula is C15H16N2OS2. The number of hydrogen-bond acceptors (Lipinski definition) is 4. The van der Waals surface area contributed by atoms with E-state index in [4.69, 9.17) is 0 Å². The minimum absolute atomic E-state index is 0.170. The average molecular weight is 304 g/mol. The summed E-state index contributed by atoms with van der Waals surface area (Å²) in [5.41, 5.74) is 3.75. The first-order valence-corrected chi connectivity index (χ1v) is 8.65. The van der Waals surface area contributed by atoms with Crippen molar-refractivity contribution in [2.45, 2.75) is 23.5 Å². The zero-order chi connectivity index (χ0) is 13.8. The molecule has 0 aliphatic carbocycles. The lowest BCUT2D eigenvalue weighted by Gasteiger charge is -2.17. The highest BCUT2D eigenvalue weighted by molar-refractivity contribution is 7.98. The van der Waals surface area contributed by atoms with Gasteiger partial charge in [-0.05, 0) is 25.0 Å². The van der Waals surface area contributed by atoms with E-state index in [1.165, 1.54) is 0 Å². The smallest absolute Gasteiger partial charge is 0.254 e. The molecule has 0 bridgehead atoms. The Balaban J connectivity index is 1.75. The molecular weight excluding hydrogens is 288 g/mol. The molecule has 0 radical (unpaired) electrons. The molecule has 5 heteroatoms. The maximum absolute atomic E-state index is 12.5. The molecule has 1 saturated heterocycles. The fraction of sp³-hybridized carbons (Fsp3) is 0.333. The van der Waals surface area contributed by atoms with Crippen LogP contribution in [0, 0.1) is 0 Å². The van der Waals surface area contributed by atoms with Crippen molar-refractivity contribution in [1.29, 1.82) is 0 Å². The highest BCUT2D eigenvalue weighted by atomic mass is 32.2. The first-order valence-electron chi connectivity index (χ1n) is 6.73. The molecule has 1 aliphatic heterocycles. The summed E-state index contributed by atoms with van der Waals surface area (Å²) in [7, 11) is 0. The molecule has 3 rings (SSSR count). The summed E-state index contributed by atoms with van der Waals surface area (Å²) in [6.07, 6.45) is 2.25. The van der Waals surface area contributed by atoms with Gasteiger partial charge in [-0.2, -0.15) is 0 Å². The van der Waals surface area contributed by atoms with E-state index in [0.717, 1.165) is 47.8 Å². The summed E-state index contributed by atoms with van der Waals surface area (Å²) >= 11 is 3.29. The van der Waals surface area contributed by atoms with Gasteiger partial charge in [0.2, 0.25) is 0 Å². The summed E-state index contributed by atoms with van der Waals surface area (Å²) in [4.78, 5) is 19.8. The number of carbonyl (C=O) groups is 1. The van der Waals surface area contributed by atoms with Gasteiger partial charge in [0.05, 0.1) is 16.8 Å². The molecule has 0 N–H and O–H groups in total. The van der Waals surface area contributed by atoms with Crippen molar-refractivity contribution < 1.29 is 4.79 Å². The molecule has 0 spiro atoms. The lowest BCUT2D eigenvalue weighted by atomic mass is 10.2. The van der Waals surface area contributed by atoms with Crippen LogP contribution in [0.2, 0.25) is 0 Å². The highest BCUT2D eigenvalue weighted by Gasteiger charge is 2.21. The molecule has 2 heterocycles. The topological polar surface area (TPSA) is 33.2 Å². The Morgan fingerprint density at radius 1 is 1.30 bits per heavy atom. The molecule has 1 amide bonds. The second kappa shape index (κ2) is 6.41. The third-order valence-electron chi connectivity index (χ3n) is 3.37. The summed E-state index contributed by atoms with van der Waals surface area (Å²) in [6, 6.07) is 7.89. The molecule has 2 aromatic rings. The van der Waals surface area contributed by atoms with Crippen molar-refractivity contribution in [2.75, 3.05) is 13.1 Å². The predicted molar refractivity (Wildman–Crippen MR) is 83.3 cm³/mol. The molecule has 0 unspecified atom stereocenters. The number of benzene rings is 1. The Morgan fingerprint density at radius 3 is 2.85 bits per heavy atom. The van der Waals surface area contributed by atoms with Gasteiger partial charge in [0, 0.05) is 29.1 Å². The Hall–Kier alpha value is -1.33. The maximum Gasteiger partial charge on any atom is 0.254 e. The molecule has 1 aliphatic rings. The quantitative estimate of drug-likeness (QED) is 0.808. The van der Waals surface area contributed by atoms with Crippen LogP contribution in [0.15, 0.2) is 40.1 Å². The van der Waals surface area contributed by atoms with Gasteiger partial charge in [0.1, 0.15) is 0 Å². The molecule has 3 nitrogen and oxygen atoms in total. The normalized spacial score (nSPS) is 14.7. The van der Waals surface area contributed by atoms with E-state index in [2.05, 4.69) is 10.4 Å². The van der Waals surface area contributed by atoms with Crippen molar-refractivity contribution >= 4 is 29.0 Å². The van der Waals surface area contributed by atoms with Crippen LogP contribution in [0.4, 0.5) is 0 Å². The largest absolute Gasteiger partial charge is 0.339 e. The predicted octanol–water partition coefficient (Wildman–Crippen LogP) is 3.67. The van der Waals surface area contributed by atoms with Crippen LogP contribution in [-0.2, 0) is 5.75 Å². The van der Waals surface area contributed by atoms with Gasteiger partial charge in [-0.15, -0.1) is 23.1 Å². The second-order valence-electron chi connectivity index (χ2n) is 4.76. The molecule has 1 fully saturated rings. The van der Waals surface area contributed by atoms with Crippen LogP contribution >= 0.6 is 23.1 Å². The number of hydrogen-bond donors (Lipinski definition) is 0. The minimum Gasteiger partial charge on any atom is -0.339 e. The van der Waals surface area contributed by atoms with Gasteiger partial charge in [0.15, 0.2) is 0 Å². The number of rotatable bonds is 4. The van der Waals surface area contributed by atoms with E-state index in [1.54, 1.807) is 23.1 Å². The van der Waals surface area contributed by atoms with E-state index in [1.807, 2.05) is 34.7 Å². The van der Waals surface area contributed by atoms with Gasteiger partial charge >= 0.3 is 0 Å². The minimum atomic E-state index is 0.170. The molecule has 20 heavy (non-hydrogen) atoms. The van der Waals surface area contributed by atoms with Gasteiger partial charge in [0.25, 0.3) is 5.91 Å². The van der Waals surface area contributed by atoms with Gasteiger partial charge < -0.3 is 4.90 Å². The van der Waals surface area contributed by atoms with Crippen LogP contribution in [0.3, 0.4) is 0 Å². The van der Waals surface area contributed by atoms with Crippen LogP contribution < -0.4 is 0 Å². The number of amides is 1. The zero-order valence-electron chi connectivity index (χ0n) is 11.1. The van der Waals surface area contributed by atoms with Crippen LogP contribution in [0.25, 0.3) is 0 Å². The summed E-state index contributed by atoms with van der Waals surface area (Å²) in [6.45, 7) is 1.79. The van der Waals surface area contributed by atoms with Crippen molar-refractivity contribution in [3.8, 4) is 0 Å². The molecule has 1 aromatic heterocycles. The standard InChI is InChI=1S/C15H16N2OS2/c18-15(17-7-3-4-8-17)13-5-1-2-6-14(13)20-10-12-9-19-11-16-12/h1-2,5-6,9,11H,3-4,7-8,10H2. The summed E-state index contributed by atoms with van der Waals surface area (Å²) in [5, 5.41) is 2.05. The monoisotopic (exact) mass is 304 g/mol. The lowest BCUT2D eigenvalue weighted by molar-refractivity contribution is 0.0789. The Kier molecular flexibility index (Phi) is 4.38. The fourth-order valence-electron chi connectivity index (χ4n) is 2.32. The average Bonchev–Trinajstić information content (AvgIpc) is 3.18. The van der Waals surface area contributed by atoms with E-state index < -0.39 is 0 Å². The number of thioether (sulfide) groups is 1. The third-order valence-corrected chi connectivity index (χ3v) is 5.11. The number of nitrogens with zero attached hydrogens (tertiary/aromatic N) is 2. The lowest BCUT2D eigenvalue weighted by Crippen LogP contribution is -2.28. The molecule has 0 atom stereocenters. The van der Waals surface area contributed by atoms with Crippen molar-refractivity contribution in [1.82, 2.24) is 9.88 Å². The van der Waals surface area contributed by atoms with E-state index in [0.29, 0.717) is 0 Å². The number of carbonyl (C=O) groups excluding carboxylic acids is 1. The van der Waals surface area contributed by atoms with Crippen LogP contribution in [0.1, 0.15) is 28.9 Å². The second-order valence-corrected chi connectivity index (χ2v) is 6.50. The maximum atomic E-state index is 12.5. The summed E-state index contributed by atoms with van der Waals surface area (Å²) in [5.74, 6) is 0.984. The number of thiazole rings is 1. The van der Waals surface area contributed by atoms with Crippen molar-refractivity contribution in [2.24, 2.45) is 0 Å². The van der Waals surface area contributed by atoms with Crippen molar-refractivity contribution in [3.63, 3.8) is 0 Å². The first kappa shape index (κ1) is 13.6. The Bertz CT molecular complexity index is 577. The van der Waals surface area contributed by atoms with Crippen molar-refractivity contribution in [3.05, 3.63) is 46.4 Å². The van der Waals surface area contributed by atoms with Gasteiger partial charge in [-0.3, -0.25) is 4.79 Å². The first-order chi connectivity index (χ1) is 9.84. The third kappa shape index (κ3) is 3.04. The summed E-state index contributed by atoms with van der Waals surface area (Å²) < 4.78 is 0. The Labute approximate surface area is 127 Å². The Morgan fingerprint density at radius 2 is 2.10 bits per heavy atom. The number of aromatic nitrogens is 1. The van der Waals surface area contributed by atoms with Gasteiger partial charge in [-0.25, -0.2) is 4.98 Å². The molecule has 0 saturated carbocycles. The van der Waals surface area contributed by atoms with Gasteiger partial charge in [-0.1, -0.05) is 12.1 Å². The van der Waals surface area contributed by atoms with E-state index >= 15 is 0 Å². The van der Waals surface area contributed by atoms with E-state index in [9.17, 15) is 4.79 Å². The molecule has 1 aromatic carbocycles. The zero-order valence-corrected chi connectivity index (χ0v) is 12.8. The molecule has 104 valence electrons. The fourth-order valence-corrected chi connectivity index (χ4v) is 3.93.